The molecule has 2 aliphatic heterocycles. The molecule has 2 aromatic carbocycles. The van der Waals surface area contributed by atoms with Crippen molar-refractivity contribution in [3.8, 4) is 11.5 Å². The van der Waals surface area contributed by atoms with E-state index in [-0.39, 0.29) is 37.8 Å². The van der Waals surface area contributed by atoms with Gasteiger partial charge in [0.2, 0.25) is 11.8 Å². The van der Waals surface area contributed by atoms with Crippen LogP contribution in [-0.2, 0) is 48.2 Å². The number of rotatable bonds is 14. The Balaban J connectivity index is 1.44. The molecule has 4 atom stereocenters. The second kappa shape index (κ2) is 15.6. The molecule has 2 aliphatic rings. The summed E-state index contributed by atoms with van der Waals surface area (Å²) in [6.07, 6.45) is 1.13. The van der Waals surface area contributed by atoms with Crippen molar-refractivity contribution in [2.24, 2.45) is 11.3 Å². The van der Waals surface area contributed by atoms with Gasteiger partial charge in [-0.05, 0) is 60.5 Å². The molecule has 2 amide bonds. The Morgan fingerprint density at radius 1 is 1.02 bits per heavy atom. The van der Waals surface area contributed by atoms with Gasteiger partial charge in [0.1, 0.15) is 11.5 Å². The van der Waals surface area contributed by atoms with Gasteiger partial charge in [0.05, 0.1) is 47.2 Å². The summed E-state index contributed by atoms with van der Waals surface area (Å²) in [6.45, 7) is 3.08. The Morgan fingerprint density at radius 2 is 1.81 bits per heavy atom. The number of carbonyl (C=O) groups excluding carboxylic acids is 3. The van der Waals surface area contributed by atoms with Crippen molar-refractivity contribution < 1.29 is 38.1 Å². The van der Waals surface area contributed by atoms with Crippen LogP contribution in [0, 0.1) is 11.3 Å². The maximum Gasteiger partial charge on any atom is 0.320 e. The lowest BCUT2D eigenvalue weighted by Crippen LogP contribution is -2.60. The zero-order valence-electron chi connectivity index (χ0n) is 27.2. The average molecular weight is 663 g/mol. The van der Waals surface area contributed by atoms with Gasteiger partial charge >= 0.3 is 5.97 Å². The Bertz CT molecular complexity index is 1560. The number of amides is 2. The van der Waals surface area contributed by atoms with Gasteiger partial charge < -0.3 is 33.9 Å². The zero-order valence-corrected chi connectivity index (χ0v) is 28.0. The molecule has 1 N–H and O–H groups in total. The summed E-state index contributed by atoms with van der Waals surface area (Å²) < 4.78 is 28.7. The lowest BCUT2D eigenvalue weighted by molar-refractivity contribution is -0.178. The summed E-state index contributed by atoms with van der Waals surface area (Å²) in [7, 11) is 4.48. The molecule has 47 heavy (non-hydrogen) atoms. The first-order valence-electron chi connectivity index (χ1n) is 15.7. The highest BCUT2D eigenvalue weighted by atomic mass is 32.1. The first-order chi connectivity index (χ1) is 22.8. The summed E-state index contributed by atoms with van der Waals surface area (Å²) in [5.74, 6) is -0.581. The van der Waals surface area contributed by atoms with Crippen LogP contribution in [0.1, 0.15) is 35.8 Å². The number of ether oxygens (including phenoxy) is 5. The molecule has 1 saturated heterocycles. The number of esters is 1. The van der Waals surface area contributed by atoms with Crippen LogP contribution in [0.2, 0.25) is 0 Å². The van der Waals surface area contributed by atoms with Crippen molar-refractivity contribution >= 4 is 29.1 Å². The smallest absolute Gasteiger partial charge is 0.320 e. The predicted molar refractivity (Wildman–Crippen MR) is 177 cm³/mol. The molecule has 10 nitrogen and oxygen atoms in total. The third-order valence-electron chi connectivity index (χ3n) is 8.84. The number of carbonyl (C=O) groups is 3. The van der Waals surface area contributed by atoms with Crippen molar-refractivity contribution in [3.63, 3.8) is 0 Å². The molecule has 5 rings (SSSR count). The fourth-order valence-electron chi connectivity index (χ4n) is 6.42. The summed E-state index contributed by atoms with van der Waals surface area (Å²) in [6, 6.07) is 19.3. The van der Waals surface area contributed by atoms with Crippen LogP contribution < -0.4 is 14.8 Å². The minimum atomic E-state index is -1.30. The fraction of sp³-hybridized carbons (Fsp3) is 0.417. The molecule has 1 aromatic heterocycles. The number of nitrogens with one attached hydrogen (secondary N) is 1. The highest BCUT2D eigenvalue weighted by Gasteiger charge is 2.59. The molecule has 3 aromatic rings. The molecule has 3 heterocycles. The molecule has 0 radical (unpaired) electrons. The largest absolute Gasteiger partial charge is 0.493 e. The van der Waals surface area contributed by atoms with E-state index < -0.39 is 29.5 Å². The molecular weight excluding hydrogens is 620 g/mol. The van der Waals surface area contributed by atoms with E-state index in [0.717, 1.165) is 16.0 Å². The van der Waals surface area contributed by atoms with Crippen molar-refractivity contribution in [2.45, 2.75) is 51.5 Å². The number of hydrogen-bond donors (Lipinski definition) is 1. The normalized spacial score (nSPS) is 22.2. The monoisotopic (exact) mass is 662 g/mol. The van der Waals surface area contributed by atoms with Crippen LogP contribution in [0.15, 0.2) is 77.8 Å². The minimum Gasteiger partial charge on any atom is -0.493 e. The van der Waals surface area contributed by atoms with Crippen LogP contribution in [-0.4, -0.2) is 69.4 Å². The van der Waals surface area contributed by atoms with Crippen LogP contribution >= 0.6 is 11.3 Å². The molecule has 0 saturated carbocycles. The number of likely N-dealkylation sites (tertiary alicyclic amines) is 1. The third-order valence-corrected chi connectivity index (χ3v) is 9.71. The van der Waals surface area contributed by atoms with E-state index in [1.807, 2.05) is 79.0 Å². The zero-order chi connectivity index (χ0) is 33.4. The highest BCUT2D eigenvalue weighted by molar-refractivity contribution is 7.09. The molecule has 1 fully saturated rings. The van der Waals surface area contributed by atoms with Gasteiger partial charge in [-0.2, -0.15) is 0 Å². The Labute approximate surface area is 279 Å². The summed E-state index contributed by atoms with van der Waals surface area (Å²) in [5.41, 5.74) is 1.17. The van der Waals surface area contributed by atoms with Crippen LogP contribution in [0.4, 0.5) is 0 Å². The molecule has 0 spiro atoms. The Hall–Kier alpha value is -4.19. The minimum absolute atomic E-state index is 0.0700. The highest BCUT2D eigenvalue weighted by Crippen LogP contribution is 2.50. The van der Waals surface area contributed by atoms with E-state index in [1.165, 1.54) is 7.11 Å². The number of methoxy groups -OCH3 is 3. The number of thiophene rings is 1. The van der Waals surface area contributed by atoms with E-state index in [9.17, 15) is 14.4 Å². The average Bonchev–Trinajstić information content (AvgIpc) is 3.62. The number of benzene rings is 2. The quantitative estimate of drug-likeness (QED) is 0.243. The maximum absolute atomic E-state index is 14.3. The number of piperidine rings is 1. The van der Waals surface area contributed by atoms with Crippen molar-refractivity contribution in [1.29, 1.82) is 0 Å². The predicted octanol–water partition coefficient (Wildman–Crippen LogP) is 4.91. The first-order valence-corrected chi connectivity index (χ1v) is 16.6. The SMILES string of the molecule is COC(=O)[C@]12C[C@H](CC(=O)NCc3cccs3)C(=O)N(CCc3ccc(OC)c(OC)c3)C1=C[C@H](COCc1ccccc1)O[C@@H]2C. The number of fused-ring (bicyclic) bond motifs is 1. The second-order valence-electron chi connectivity index (χ2n) is 11.7. The Morgan fingerprint density at radius 3 is 2.51 bits per heavy atom. The van der Waals surface area contributed by atoms with Crippen molar-refractivity contribution in [1.82, 2.24) is 10.2 Å². The molecule has 11 heteroatoms. The van der Waals surface area contributed by atoms with Gasteiger partial charge in [0, 0.05) is 29.5 Å². The lowest BCUT2D eigenvalue weighted by Gasteiger charge is -2.51. The van der Waals surface area contributed by atoms with Gasteiger partial charge in [-0.15, -0.1) is 11.3 Å². The van der Waals surface area contributed by atoms with Crippen LogP contribution in [0.5, 0.6) is 11.5 Å². The molecule has 0 unspecified atom stereocenters. The van der Waals surface area contributed by atoms with E-state index in [1.54, 1.807) is 30.5 Å². The van der Waals surface area contributed by atoms with Gasteiger partial charge in [-0.25, -0.2) is 0 Å². The topological polar surface area (TPSA) is 113 Å². The molecule has 0 bridgehead atoms. The van der Waals surface area contributed by atoms with E-state index in [4.69, 9.17) is 23.7 Å². The van der Waals surface area contributed by atoms with E-state index in [0.29, 0.717) is 36.8 Å². The van der Waals surface area contributed by atoms with Crippen molar-refractivity contribution in [2.75, 3.05) is 34.5 Å². The lowest BCUT2D eigenvalue weighted by atomic mass is 9.66. The molecule has 250 valence electrons. The summed E-state index contributed by atoms with van der Waals surface area (Å²) in [5, 5.41) is 4.87. The fourth-order valence-corrected chi connectivity index (χ4v) is 7.06. The maximum atomic E-state index is 14.3. The van der Waals surface area contributed by atoms with Gasteiger partial charge in [-0.3, -0.25) is 14.4 Å². The second-order valence-corrected chi connectivity index (χ2v) is 12.8. The van der Waals surface area contributed by atoms with Gasteiger partial charge in [0.15, 0.2) is 11.5 Å². The van der Waals surface area contributed by atoms with E-state index in [2.05, 4.69) is 5.32 Å². The molecular formula is C36H42N2O8S. The summed E-state index contributed by atoms with van der Waals surface area (Å²) in [4.78, 5) is 43.9. The van der Waals surface area contributed by atoms with Crippen LogP contribution in [0.25, 0.3) is 0 Å². The van der Waals surface area contributed by atoms with Crippen molar-refractivity contribution in [3.05, 3.63) is 93.8 Å². The summed E-state index contributed by atoms with van der Waals surface area (Å²) >= 11 is 1.54. The standard InChI is InChI=1S/C36H42N2O8S/c1-24-36(35(41)44-4)20-27(18-33(39)37-21-29-11-8-16-47-29)34(40)38(15-14-25-12-13-30(42-2)31(17-25)43-3)32(36)19-28(46-24)23-45-22-26-9-6-5-7-10-26/h5-13,16-17,19,24,27-28H,14-15,18,20-23H2,1-4H3,(H,37,39)/t24-,27+,28-,36+/m1/s1. The first kappa shape index (κ1) is 34.2. The Kier molecular flexibility index (Phi) is 11.3. The third kappa shape index (κ3) is 7.69. The molecule has 0 aliphatic carbocycles. The van der Waals surface area contributed by atoms with Gasteiger partial charge in [-0.1, -0.05) is 42.5 Å². The van der Waals surface area contributed by atoms with Crippen LogP contribution in [0.3, 0.4) is 0 Å². The van der Waals surface area contributed by atoms with E-state index >= 15 is 0 Å². The van der Waals surface area contributed by atoms with Gasteiger partial charge in [0.25, 0.3) is 0 Å². The number of nitrogens with zero attached hydrogens (tertiary/aromatic N) is 1. The number of hydrogen-bond acceptors (Lipinski definition) is 9.